The van der Waals surface area contributed by atoms with Gasteiger partial charge in [-0.05, 0) is 43.7 Å². The van der Waals surface area contributed by atoms with Crippen molar-refractivity contribution in [3.8, 4) is 0 Å². The van der Waals surface area contributed by atoms with Crippen molar-refractivity contribution in [1.29, 1.82) is 0 Å². The Hall–Kier alpha value is 0.01000. The van der Waals surface area contributed by atoms with Crippen LogP contribution < -0.4 is 0 Å². The number of nitrogens with zero attached hydrogens (tertiary/aromatic N) is 1. The highest BCUT2D eigenvalue weighted by molar-refractivity contribution is 9.10. The van der Waals surface area contributed by atoms with Crippen LogP contribution in [-0.2, 0) is 6.42 Å². The van der Waals surface area contributed by atoms with Gasteiger partial charge in [-0.15, -0.1) is 0 Å². The van der Waals surface area contributed by atoms with E-state index in [4.69, 9.17) is 0 Å². The maximum absolute atomic E-state index is 4.22. The van der Waals surface area contributed by atoms with Gasteiger partial charge in [0, 0.05) is 16.9 Å². The molecule has 1 aromatic carbocycles. The molecule has 0 bridgehead atoms. The largest absolute Gasteiger partial charge is 0.297 e. The summed E-state index contributed by atoms with van der Waals surface area (Å²) in [6.07, 6.45) is 1.09. The third kappa shape index (κ3) is 3.64. The van der Waals surface area contributed by atoms with E-state index in [1.807, 2.05) is 0 Å². The van der Waals surface area contributed by atoms with Gasteiger partial charge >= 0.3 is 0 Å². The second-order valence-electron chi connectivity index (χ2n) is 3.54. The molecular formula is C11H16BrNS. The van der Waals surface area contributed by atoms with Gasteiger partial charge in [0.25, 0.3) is 0 Å². The van der Waals surface area contributed by atoms with Crippen molar-refractivity contribution in [2.45, 2.75) is 13.3 Å². The molecule has 0 radical (unpaired) electrons. The Morgan fingerprint density at radius 2 is 2.14 bits per heavy atom. The number of hydrogen-bond donors (Lipinski definition) is 1. The lowest BCUT2D eigenvalue weighted by atomic mass is 10.1. The molecule has 14 heavy (non-hydrogen) atoms. The molecule has 0 aliphatic heterocycles. The molecule has 0 heterocycles. The summed E-state index contributed by atoms with van der Waals surface area (Å²) in [6, 6.07) is 6.43. The van der Waals surface area contributed by atoms with Crippen LogP contribution in [0.25, 0.3) is 0 Å². The normalized spacial score (nSPS) is 10.9. The monoisotopic (exact) mass is 273 g/mol. The third-order valence-corrected chi connectivity index (χ3v) is 3.29. The fraction of sp³-hybridized carbons (Fsp3) is 0.455. The van der Waals surface area contributed by atoms with E-state index in [-0.39, 0.29) is 0 Å². The molecule has 1 nitrogen and oxygen atoms in total. The van der Waals surface area contributed by atoms with Gasteiger partial charge in [0.2, 0.25) is 0 Å². The molecule has 0 aliphatic carbocycles. The fourth-order valence-electron chi connectivity index (χ4n) is 1.29. The Labute approximate surface area is 100 Å². The Morgan fingerprint density at radius 1 is 1.43 bits per heavy atom. The van der Waals surface area contributed by atoms with Crippen molar-refractivity contribution < 1.29 is 0 Å². The summed E-state index contributed by atoms with van der Waals surface area (Å²) in [7, 11) is 2.08. The molecule has 0 amide bonds. The van der Waals surface area contributed by atoms with E-state index in [1.54, 1.807) is 0 Å². The van der Waals surface area contributed by atoms with Crippen molar-refractivity contribution in [2.24, 2.45) is 0 Å². The summed E-state index contributed by atoms with van der Waals surface area (Å²) < 4.78 is 1.16. The molecule has 0 saturated carbocycles. The van der Waals surface area contributed by atoms with Crippen molar-refractivity contribution in [2.75, 3.05) is 19.5 Å². The summed E-state index contributed by atoms with van der Waals surface area (Å²) in [6.45, 7) is 3.21. The zero-order valence-corrected chi connectivity index (χ0v) is 11.1. The van der Waals surface area contributed by atoms with E-state index in [9.17, 15) is 0 Å². The predicted molar refractivity (Wildman–Crippen MR) is 69.1 cm³/mol. The minimum atomic E-state index is 0.813. The lowest BCUT2D eigenvalue weighted by molar-refractivity contribution is 0.398. The molecule has 0 aliphatic rings. The first-order valence-corrected chi connectivity index (χ1v) is 6.10. The summed E-state index contributed by atoms with van der Waals surface area (Å²) >= 11 is 7.72. The topological polar surface area (TPSA) is 3.24 Å². The SMILES string of the molecule is Cc1ccc(Br)cc1CCN(C)CS. The van der Waals surface area contributed by atoms with E-state index >= 15 is 0 Å². The van der Waals surface area contributed by atoms with Crippen molar-refractivity contribution in [3.63, 3.8) is 0 Å². The van der Waals surface area contributed by atoms with Crippen LogP contribution in [0.4, 0.5) is 0 Å². The fourth-order valence-corrected chi connectivity index (χ4v) is 1.84. The summed E-state index contributed by atoms with van der Waals surface area (Å²) in [4.78, 5) is 2.20. The average Bonchev–Trinajstić information content (AvgIpc) is 2.19. The molecular weight excluding hydrogens is 258 g/mol. The van der Waals surface area contributed by atoms with Crippen LogP contribution in [0.3, 0.4) is 0 Å². The molecule has 0 unspecified atom stereocenters. The average molecular weight is 274 g/mol. The van der Waals surface area contributed by atoms with Gasteiger partial charge in [0.15, 0.2) is 0 Å². The summed E-state index contributed by atoms with van der Waals surface area (Å²) in [5.41, 5.74) is 2.77. The van der Waals surface area contributed by atoms with E-state index < -0.39 is 0 Å². The van der Waals surface area contributed by atoms with Crippen LogP contribution in [0.5, 0.6) is 0 Å². The number of rotatable bonds is 4. The first kappa shape index (κ1) is 12.1. The number of hydrogen-bond acceptors (Lipinski definition) is 2. The molecule has 0 N–H and O–H groups in total. The quantitative estimate of drug-likeness (QED) is 0.652. The zero-order valence-electron chi connectivity index (χ0n) is 8.63. The predicted octanol–water partition coefficient (Wildman–Crippen LogP) is 3.12. The lowest BCUT2D eigenvalue weighted by Gasteiger charge is -2.14. The number of aryl methyl sites for hydroxylation is 1. The second kappa shape index (κ2) is 5.79. The number of likely N-dealkylation sites (N-methyl/N-ethyl adjacent to an activating group) is 1. The minimum absolute atomic E-state index is 0.813. The van der Waals surface area contributed by atoms with E-state index in [2.05, 4.69) is 65.6 Å². The Balaban J connectivity index is 2.62. The van der Waals surface area contributed by atoms with Crippen molar-refractivity contribution in [3.05, 3.63) is 33.8 Å². The smallest absolute Gasteiger partial charge is 0.0411 e. The van der Waals surface area contributed by atoms with Gasteiger partial charge in [0.05, 0.1) is 0 Å². The van der Waals surface area contributed by atoms with Crippen LogP contribution in [0.1, 0.15) is 11.1 Å². The summed E-state index contributed by atoms with van der Waals surface area (Å²) in [5, 5.41) is 0. The van der Waals surface area contributed by atoms with Gasteiger partial charge in [-0.3, -0.25) is 4.90 Å². The lowest BCUT2D eigenvalue weighted by Crippen LogP contribution is -2.19. The molecule has 0 aromatic heterocycles. The van der Waals surface area contributed by atoms with E-state index in [1.165, 1.54) is 11.1 Å². The highest BCUT2D eigenvalue weighted by Gasteiger charge is 2.01. The molecule has 0 fully saturated rings. The maximum Gasteiger partial charge on any atom is 0.0411 e. The summed E-state index contributed by atoms with van der Waals surface area (Å²) in [5.74, 6) is 0.813. The van der Waals surface area contributed by atoms with Gasteiger partial charge in [0.1, 0.15) is 0 Å². The van der Waals surface area contributed by atoms with Gasteiger partial charge < -0.3 is 0 Å². The molecule has 3 heteroatoms. The van der Waals surface area contributed by atoms with Crippen LogP contribution in [-0.4, -0.2) is 24.4 Å². The minimum Gasteiger partial charge on any atom is -0.297 e. The molecule has 0 saturated heterocycles. The molecule has 0 atom stereocenters. The number of benzene rings is 1. The zero-order chi connectivity index (χ0) is 10.6. The Morgan fingerprint density at radius 3 is 2.79 bits per heavy atom. The number of halogens is 1. The van der Waals surface area contributed by atoms with Crippen LogP contribution in [0, 0.1) is 6.92 Å². The van der Waals surface area contributed by atoms with Gasteiger partial charge in [-0.1, -0.05) is 22.0 Å². The van der Waals surface area contributed by atoms with Crippen LogP contribution in [0.2, 0.25) is 0 Å². The highest BCUT2D eigenvalue weighted by atomic mass is 79.9. The standard InChI is InChI=1S/C11H16BrNS/c1-9-3-4-11(12)7-10(9)5-6-13(2)8-14/h3-4,7,14H,5-6,8H2,1-2H3. The van der Waals surface area contributed by atoms with Crippen molar-refractivity contribution in [1.82, 2.24) is 4.90 Å². The molecule has 0 spiro atoms. The molecule has 1 rings (SSSR count). The Kier molecular flexibility index (Phi) is 4.99. The molecule has 1 aromatic rings. The van der Waals surface area contributed by atoms with Gasteiger partial charge in [-0.2, -0.15) is 12.6 Å². The van der Waals surface area contributed by atoms with Gasteiger partial charge in [-0.25, -0.2) is 0 Å². The van der Waals surface area contributed by atoms with E-state index in [0.717, 1.165) is 23.3 Å². The first-order chi connectivity index (χ1) is 6.63. The van der Waals surface area contributed by atoms with E-state index in [0.29, 0.717) is 0 Å². The number of thiol groups is 1. The maximum atomic E-state index is 4.22. The first-order valence-electron chi connectivity index (χ1n) is 4.68. The molecule has 78 valence electrons. The van der Waals surface area contributed by atoms with Crippen molar-refractivity contribution >= 4 is 28.6 Å². The van der Waals surface area contributed by atoms with Crippen LogP contribution >= 0.6 is 28.6 Å². The Bertz CT molecular complexity index is 301. The van der Waals surface area contributed by atoms with Crippen LogP contribution in [0.15, 0.2) is 22.7 Å². The second-order valence-corrected chi connectivity index (χ2v) is 4.74. The highest BCUT2D eigenvalue weighted by Crippen LogP contribution is 2.16. The third-order valence-electron chi connectivity index (χ3n) is 2.32.